The number of thiocarbonyl (C=S) groups is 1. The van der Waals surface area contributed by atoms with Gasteiger partial charge in [0.25, 0.3) is 5.69 Å². The SMILES string of the molecule is Cc1cc([N+](=O)[O-])cc(C=Nc2ccc(NC(N)=S)cc2)c1[O-]. The maximum Gasteiger partial charge on any atom is 0.270 e. The summed E-state index contributed by atoms with van der Waals surface area (Å²) in [5, 5.41) is 25.8. The van der Waals surface area contributed by atoms with Gasteiger partial charge in [-0.05, 0) is 49.0 Å². The molecule has 0 radical (unpaired) electrons. The molecule has 2 rings (SSSR count). The molecular weight excluding hydrogens is 316 g/mol. The molecule has 8 heteroatoms. The lowest BCUT2D eigenvalue weighted by atomic mass is 10.1. The molecule has 2 aromatic rings. The van der Waals surface area contributed by atoms with Crippen LogP contribution in [0, 0.1) is 17.0 Å². The molecule has 0 aliphatic rings. The molecular formula is C15H13N4O3S-. The second-order valence-electron chi connectivity index (χ2n) is 4.73. The minimum atomic E-state index is -0.542. The van der Waals surface area contributed by atoms with Crippen LogP contribution < -0.4 is 16.2 Å². The average Bonchev–Trinajstić information content (AvgIpc) is 2.49. The molecule has 0 spiro atoms. The van der Waals surface area contributed by atoms with Crippen LogP contribution in [0.3, 0.4) is 0 Å². The number of nitrogens with one attached hydrogen (secondary N) is 1. The highest BCUT2D eigenvalue weighted by Crippen LogP contribution is 2.25. The summed E-state index contributed by atoms with van der Waals surface area (Å²) in [4.78, 5) is 14.5. The summed E-state index contributed by atoms with van der Waals surface area (Å²) >= 11 is 4.73. The molecule has 0 aromatic heterocycles. The third kappa shape index (κ3) is 4.24. The van der Waals surface area contributed by atoms with Gasteiger partial charge in [-0.1, -0.05) is 11.3 Å². The summed E-state index contributed by atoms with van der Waals surface area (Å²) in [5.74, 6) is -0.286. The van der Waals surface area contributed by atoms with Gasteiger partial charge in [-0.3, -0.25) is 15.1 Å². The van der Waals surface area contributed by atoms with Crippen molar-refractivity contribution in [2.45, 2.75) is 6.92 Å². The standard InChI is InChI=1S/C15H14N4O3S/c1-9-6-13(19(21)22)7-10(14(9)20)8-17-11-2-4-12(5-3-11)18-15(16)23/h2-8,20H,1H3,(H3,16,18,23)/p-1. The Morgan fingerprint density at radius 1 is 1.35 bits per heavy atom. The van der Waals surface area contributed by atoms with E-state index < -0.39 is 4.92 Å². The van der Waals surface area contributed by atoms with Crippen LogP contribution in [0.15, 0.2) is 41.4 Å². The third-order valence-corrected chi connectivity index (χ3v) is 3.09. The van der Waals surface area contributed by atoms with E-state index in [-0.39, 0.29) is 22.1 Å². The lowest BCUT2D eigenvalue weighted by molar-refractivity contribution is -0.385. The molecule has 118 valence electrons. The van der Waals surface area contributed by atoms with Gasteiger partial charge < -0.3 is 16.2 Å². The molecule has 0 unspecified atom stereocenters. The molecule has 2 aromatic carbocycles. The Kier molecular flexibility index (Phi) is 4.87. The fraction of sp³-hybridized carbons (Fsp3) is 0.0667. The van der Waals surface area contributed by atoms with E-state index >= 15 is 0 Å². The smallest absolute Gasteiger partial charge is 0.270 e. The maximum absolute atomic E-state index is 12.0. The van der Waals surface area contributed by atoms with Crippen LogP contribution in [0.25, 0.3) is 0 Å². The van der Waals surface area contributed by atoms with Gasteiger partial charge in [-0.25, -0.2) is 0 Å². The second-order valence-corrected chi connectivity index (χ2v) is 5.17. The molecule has 3 N–H and O–H groups in total. The number of non-ortho nitro benzene ring substituents is 1. The molecule has 0 bridgehead atoms. The van der Waals surface area contributed by atoms with Crippen LogP contribution in [0.2, 0.25) is 0 Å². The lowest BCUT2D eigenvalue weighted by Crippen LogP contribution is -2.18. The molecule has 0 atom stereocenters. The Bertz CT molecular complexity index is 788. The highest BCUT2D eigenvalue weighted by atomic mass is 32.1. The Morgan fingerprint density at radius 2 is 2.00 bits per heavy atom. The van der Waals surface area contributed by atoms with Gasteiger partial charge >= 0.3 is 0 Å². The molecule has 0 aliphatic carbocycles. The number of anilines is 1. The molecule has 0 heterocycles. The highest BCUT2D eigenvalue weighted by Gasteiger charge is 2.08. The van der Waals surface area contributed by atoms with Crippen LogP contribution in [-0.4, -0.2) is 16.3 Å². The van der Waals surface area contributed by atoms with Crippen molar-refractivity contribution >= 4 is 40.6 Å². The van der Waals surface area contributed by atoms with Gasteiger partial charge in [-0.15, -0.1) is 0 Å². The maximum atomic E-state index is 12.0. The van der Waals surface area contributed by atoms with E-state index in [2.05, 4.69) is 10.3 Å². The Morgan fingerprint density at radius 3 is 2.57 bits per heavy atom. The second kappa shape index (κ2) is 6.84. The van der Waals surface area contributed by atoms with E-state index in [0.29, 0.717) is 16.9 Å². The molecule has 0 saturated heterocycles. The minimum absolute atomic E-state index is 0.139. The first-order valence-electron chi connectivity index (χ1n) is 6.53. The van der Waals surface area contributed by atoms with Crippen LogP contribution in [0.1, 0.15) is 11.1 Å². The summed E-state index contributed by atoms with van der Waals surface area (Å²) < 4.78 is 0. The minimum Gasteiger partial charge on any atom is -0.872 e. The van der Waals surface area contributed by atoms with E-state index in [4.69, 9.17) is 18.0 Å². The number of aryl methyl sites for hydroxylation is 1. The topological polar surface area (TPSA) is 117 Å². The normalized spacial score (nSPS) is 10.7. The first-order valence-corrected chi connectivity index (χ1v) is 6.94. The number of nitrogens with zero attached hydrogens (tertiary/aromatic N) is 2. The van der Waals surface area contributed by atoms with E-state index in [1.54, 1.807) is 24.3 Å². The van der Waals surface area contributed by atoms with Gasteiger partial charge in [0.05, 0.1) is 10.6 Å². The van der Waals surface area contributed by atoms with Crippen molar-refractivity contribution in [2.24, 2.45) is 10.7 Å². The number of nitro benzene ring substituents is 1. The predicted octanol–water partition coefficient (Wildman–Crippen LogP) is 2.38. The van der Waals surface area contributed by atoms with Crippen LogP contribution in [0.4, 0.5) is 17.1 Å². The summed E-state index contributed by atoms with van der Waals surface area (Å²) in [6.07, 6.45) is 1.32. The van der Waals surface area contributed by atoms with Crippen LogP contribution >= 0.6 is 12.2 Å². The first kappa shape index (κ1) is 16.4. The largest absolute Gasteiger partial charge is 0.872 e. The highest BCUT2D eigenvalue weighted by molar-refractivity contribution is 7.80. The summed E-state index contributed by atoms with van der Waals surface area (Å²) in [6, 6.07) is 9.31. The average molecular weight is 329 g/mol. The van der Waals surface area contributed by atoms with Gasteiger partial charge in [0.1, 0.15) is 0 Å². The number of nitro groups is 1. The number of hydrogen-bond acceptors (Lipinski definition) is 5. The molecule has 0 fully saturated rings. The first-order chi connectivity index (χ1) is 10.9. The number of nitrogens with two attached hydrogens (primary N) is 1. The van der Waals surface area contributed by atoms with E-state index in [9.17, 15) is 15.2 Å². The van der Waals surface area contributed by atoms with E-state index in [0.717, 1.165) is 0 Å². The number of aliphatic imine (C=N–C) groups is 1. The Balaban J connectivity index is 2.26. The van der Waals surface area contributed by atoms with Gasteiger partial charge in [0.2, 0.25) is 0 Å². The number of benzene rings is 2. The fourth-order valence-electron chi connectivity index (χ4n) is 1.90. The lowest BCUT2D eigenvalue weighted by Gasteiger charge is -2.13. The van der Waals surface area contributed by atoms with Crippen molar-refractivity contribution in [2.75, 3.05) is 5.32 Å². The van der Waals surface area contributed by atoms with Crippen LogP contribution in [-0.2, 0) is 0 Å². The molecule has 23 heavy (non-hydrogen) atoms. The van der Waals surface area contributed by atoms with Crippen molar-refractivity contribution < 1.29 is 10.0 Å². The van der Waals surface area contributed by atoms with Gasteiger partial charge in [0.15, 0.2) is 5.11 Å². The zero-order chi connectivity index (χ0) is 17.0. The van der Waals surface area contributed by atoms with Crippen molar-refractivity contribution in [3.8, 4) is 5.75 Å². The monoisotopic (exact) mass is 329 g/mol. The molecule has 7 nitrogen and oxygen atoms in total. The van der Waals surface area contributed by atoms with E-state index in [1.807, 2.05) is 0 Å². The molecule has 0 saturated carbocycles. The summed E-state index contributed by atoms with van der Waals surface area (Å²) in [5.41, 5.74) is 7.00. The van der Waals surface area contributed by atoms with Crippen molar-refractivity contribution in [1.82, 2.24) is 0 Å². The molecule has 0 amide bonds. The van der Waals surface area contributed by atoms with Gasteiger partial charge in [0, 0.05) is 24.0 Å². The van der Waals surface area contributed by atoms with Gasteiger partial charge in [-0.2, -0.15) is 0 Å². The molecule has 0 aliphatic heterocycles. The predicted molar refractivity (Wildman–Crippen MR) is 91.4 cm³/mol. The van der Waals surface area contributed by atoms with Crippen LogP contribution in [0.5, 0.6) is 5.75 Å². The quantitative estimate of drug-likeness (QED) is 0.385. The summed E-state index contributed by atoms with van der Waals surface area (Å²) in [7, 11) is 0. The zero-order valence-electron chi connectivity index (χ0n) is 12.1. The number of rotatable bonds is 4. The summed E-state index contributed by atoms with van der Waals surface area (Å²) in [6.45, 7) is 1.53. The van der Waals surface area contributed by atoms with Crippen molar-refractivity contribution in [1.29, 1.82) is 0 Å². The van der Waals surface area contributed by atoms with Crippen molar-refractivity contribution in [3.05, 3.63) is 57.6 Å². The Hall–Kier alpha value is -3.00. The fourth-order valence-corrected chi connectivity index (χ4v) is 2.02. The van der Waals surface area contributed by atoms with E-state index in [1.165, 1.54) is 25.3 Å². The zero-order valence-corrected chi connectivity index (χ0v) is 13.0. The third-order valence-electron chi connectivity index (χ3n) is 2.99. The number of hydrogen-bond donors (Lipinski definition) is 2. The van der Waals surface area contributed by atoms with Crippen molar-refractivity contribution in [3.63, 3.8) is 0 Å². The Labute approximate surface area is 137 Å².